The maximum atomic E-state index is 12.3. The lowest BCUT2D eigenvalue weighted by Crippen LogP contribution is -2.58. The van der Waals surface area contributed by atoms with Gasteiger partial charge in [-0.2, -0.15) is 13.2 Å². The zero-order chi connectivity index (χ0) is 15.2. The Balaban J connectivity index is 2.37. The summed E-state index contributed by atoms with van der Waals surface area (Å²) in [6, 6.07) is 0. The van der Waals surface area contributed by atoms with Gasteiger partial charge in [0, 0.05) is 32.7 Å². The number of alkyl halides is 3. The number of piperazine rings is 1. The highest BCUT2D eigenvalue weighted by Crippen LogP contribution is 2.18. The second-order valence-corrected chi connectivity index (χ2v) is 5.81. The molecule has 0 aromatic rings. The largest absolute Gasteiger partial charge is 0.401 e. The molecule has 0 saturated carbocycles. The van der Waals surface area contributed by atoms with Crippen molar-refractivity contribution in [3.63, 3.8) is 0 Å². The van der Waals surface area contributed by atoms with Crippen molar-refractivity contribution in [2.45, 2.75) is 32.0 Å². The molecule has 0 aromatic heterocycles. The highest BCUT2D eigenvalue weighted by molar-refractivity contribution is 4.88. The average molecular weight is 297 g/mol. The first-order valence-electron chi connectivity index (χ1n) is 7.15. The third kappa shape index (κ3) is 6.39. The van der Waals surface area contributed by atoms with Crippen molar-refractivity contribution in [3.8, 4) is 0 Å². The van der Waals surface area contributed by atoms with Gasteiger partial charge in [-0.05, 0) is 19.9 Å². The first kappa shape index (κ1) is 17.7. The number of aliphatic hydroxyl groups is 1. The Morgan fingerprint density at radius 1 is 1.05 bits per heavy atom. The van der Waals surface area contributed by atoms with E-state index in [1.54, 1.807) is 0 Å². The van der Waals surface area contributed by atoms with Crippen LogP contribution in [0.4, 0.5) is 13.2 Å². The Bertz CT molecular complexity index is 281. The molecule has 0 radical (unpaired) electrons. The average Bonchev–Trinajstić information content (AvgIpc) is 2.37. The Hall–Kier alpha value is -0.370. The van der Waals surface area contributed by atoms with Crippen LogP contribution in [0, 0.1) is 0 Å². The standard InChI is InChI=1S/C13H26F3N3O/c1-3-4-17-12(2,11-20)9-18-5-7-19(8-6-18)10-13(14,15)16/h17,20H,3-11H2,1-2H3. The van der Waals surface area contributed by atoms with Crippen LogP contribution in [0.2, 0.25) is 0 Å². The van der Waals surface area contributed by atoms with Gasteiger partial charge in [-0.1, -0.05) is 6.92 Å². The van der Waals surface area contributed by atoms with Gasteiger partial charge in [0.15, 0.2) is 0 Å². The quantitative estimate of drug-likeness (QED) is 0.733. The Kier molecular flexibility index (Phi) is 6.71. The second-order valence-electron chi connectivity index (χ2n) is 5.81. The highest BCUT2D eigenvalue weighted by Gasteiger charge is 2.33. The van der Waals surface area contributed by atoms with Crippen molar-refractivity contribution < 1.29 is 18.3 Å². The molecule has 20 heavy (non-hydrogen) atoms. The molecule has 1 saturated heterocycles. The first-order chi connectivity index (χ1) is 9.28. The van der Waals surface area contributed by atoms with Crippen LogP contribution in [0.15, 0.2) is 0 Å². The van der Waals surface area contributed by atoms with E-state index in [0.29, 0.717) is 32.7 Å². The van der Waals surface area contributed by atoms with Gasteiger partial charge in [0.1, 0.15) is 0 Å². The summed E-state index contributed by atoms with van der Waals surface area (Å²) in [5.41, 5.74) is -0.387. The van der Waals surface area contributed by atoms with E-state index < -0.39 is 12.7 Å². The van der Waals surface area contributed by atoms with Gasteiger partial charge in [0.25, 0.3) is 0 Å². The molecule has 1 aliphatic rings. The normalized spacial score (nSPS) is 21.9. The molecule has 0 aromatic carbocycles. The second kappa shape index (κ2) is 7.59. The summed E-state index contributed by atoms with van der Waals surface area (Å²) in [7, 11) is 0. The summed E-state index contributed by atoms with van der Waals surface area (Å²) in [5.74, 6) is 0. The molecule has 1 unspecified atom stereocenters. The zero-order valence-corrected chi connectivity index (χ0v) is 12.3. The number of nitrogens with zero attached hydrogens (tertiary/aromatic N) is 2. The van der Waals surface area contributed by atoms with Gasteiger partial charge in [-0.15, -0.1) is 0 Å². The molecule has 1 aliphatic heterocycles. The molecule has 2 N–H and O–H groups in total. The molecular weight excluding hydrogens is 271 g/mol. The van der Waals surface area contributed by atoms with Gasteiger partial charge in [0.05, 0.1) is 18.7 Å². The SMILES string of the molecule is CCCNC(C)(CO)CN1CCN(CC(F)(F)F)CC1. The number of hydrogen-bond acceptors (Lipinski definition) is 4. The minimum atomic E-state index is -4.12. The number of halogens is 3. The third-order valence-corrected chi connectivity index (χ3v) is 3.59. The van der Waals surface area contributed by atoms with E-state index >= 15 is 0 Å². The molecular formula is C13H26F3N3O. The van der Waals surface area contributed by atoms with E-state index in [2.05, 4.69) is 17.1 Å². The van der Waals surface area contributed by atoms with Gasteiger partial charge in [-0.25, -0.2) is 0 Å². The number of hydrogen-bond donors (Lipinski definition) is 2. The fourth-order valence-electron chi connectivity index (χ4n) is 2.44. The lowest BCUT2D eigenvalue weighted by Gasteiger charge is -2.40. The monoisotopic (exact) mass is 297 g/mol. The topological polar surface area (TPSA) is 38.7 Å². The van der Waals surface area contributed by atoms with Crippen LogP contribution in [-0.4, -0.2) is 79.0 Å². The van der Waals surface area contributed by atoms with Gasteiger partial charge >= 0.3 is 6.18 Å². The first-order valence-corrected chi connectivity index (χ1v) is 7.15. The van der Waals surface area contributed by atoms with E-state index in [4.69, 9.17) is 0 Å². The van der Waals surface area contributed by atoms with E-state index in [0.717, 1.165) is 13.0 Å². The van der Waals surface area contributed by atoms with Crippen LogP contribution >= 0.6 is 0 Å². The number of aliphatic hydroxyl groups excluding tert-OH is 1. The van der Waals surface area contributed by atoms with Crippen LogP contribution in [0.25, 0.3) is 0 Å². The predicted octanol–water partition coefficient (Wildman–Crippen LogP) is 0.917. The van der Waals surface area contributed by atoms with Gasteiger partial charge in [-0.3, -0.25) is 9.80 Å². The van der Waals surface area contributed by atoms with Crippen molar-refractivity contribution in [1.29, 1.82) is 0 Å². The predicted molar refractivity (Wildman–Crippen MR) is 72.7 cm³/mol. The Morgan fingerprint density at radius 3 is 1.95 bits per heavy atom. The van der Waals surface area contributed by atoms with Crippen molar-refractivity contribution in [3.05, 3.63) is 0 Å². The summed E-state index contributed by atoms with van der Waals surface area (Å²) in [5, 5.41) is 12.8. The zero-order valence-electron chi connectivity index (χ0n) is 12.3. The van der Waals surface area contributed by atoms with Crippen LogP contribution in [0.1, 0.15) is 20.3 Å². The summed E-state index contributed by atoms with van der Waals surface area (Å²) in [6.45, 7) is 6.75. The molecule has 1 fully saturated rings. The van der Waals surface area contributed by atoms with Gasteiger partial charge in [0.2, 0.25) is 0 Å². The molecule has 0 spiro atoms. The summed E-state index contributed by atoms with van der Waals surface area (Å²) >= 11 is 0. The van der Waals surface area contributed by atoms with Crippen LogP contribution in [0.5, 0.6) is 0 Å². The molecule has 1 heterocycles. The van der Waals surface area contributed by atoms with Crippen LogP contribution in [0.3, 0.4) is 0 Å². The molecule has 1 atom stereocenters. The minimum Gasteiger partial charge on any atom is -0.394 e. The van der Waals surface area contributed by atoms with Crippen LogP contribution in [-0.2, 0) is 0 Å². The molecule has 4 nitrogen and oxygen atoms in total. The summed E-state index contributed by atoms with van der Waals surface area (Å²) in [6.07, 6.45) is -3.14. The fraction of sp³-hybridized carbons (Fsp3) is 1.00. The van der Waals surface area contributed by atoms with Crippen molar-refractivity contribution in [1.82, 2.24) is 15.1 Å². The third-order valence-electron chi connectivity index (χ3n) is 3.59. The molecule has 0 bridgehead atoms. The van der Waals surface area contributed by atoms with Gasteiger partial charge < -0.3 is 10.4 Å². The summed E-state index contributed by atoms with van der Waals surface area (Å²) in [4.78, 5) is 3.55. The Labute approximate surface area is 118 Å². The van der Waals surface area contributed by atoms with E-state index in [-0.39, 0.29) is 12.1 Å². The minimum absolute atomic E-state index is 0.0236. The molecule has 1 rings (SSSR count). The summed E-state index contributed by atoms with van der Waals surface area (Å²) < 4.78 is 36.9. The highest BCUT2D eigenvalue weighted by atomic mass is 19.4. The molecule has 0 aliphatic carbocycles. The molecule has 0 amide bonds. The Morgan fingerprint density at radius 2 is 1.55 bits per heavy atom. The van der Waals surface area contributed by atoms with E-state index in [9.17, 15) is 18.3 Å². The number of nitrogens with one attached hydrogen (secondary N) is 1. The number of rotatable bonds is 7. The maximum absolute atomic E-state index is 12.3. The fourth-order valence-corrected chi connectivity index (χ4v) is 2.44. The van der Waals surface area contributed by atoms with Crippen molar-refractivity contribution in [2.75, 3.05) is 52.4 Å². The van der Waals surface area contributed by atoms with Crippen molar-refractivity contribution in [2.24, 2.45) is 0 Å². The molecule has 120 valence electrons. The van der Waals surface area contributed by atoms with Crippen LogP contribution < -0.4 is 5.32 Å². The van der Waals surface area contributed by atoms with E-state index in [1.807, 2.05) is 6.92 Å². The van der Waals surface area contributed by atoms with E-state index in [1.165, 1.54) is 4.90 Å². The molecule has 7 heteroatoms. The smallest absolute Gasteiger partial charge is 0.394 e. The van der Waals surface area contributed by atoms with Crippen molar-refractivity contribution >= 4 is 0 Å². The maximum Gasteiger partial charge on any atom is 0.401 e. The lowest BCUT2D eigenvalue weighted by atomic mass is 10.0. The lowest BCUT2D eigenvalue weighted by molar-refractivity contribution is -0.149.